The molecule has 2 heterocycles. The first-order valence-corrected chi connectivity index (χ1v) is 8.36. The van der Waals surface area contributed by atoms with Gasteiger partial charge in [0.05, 0.1) is 25.2 Å². The van der Waals surface area contributed by atoms with Crippen LogP contribution in [0.15, 0.2) is 68.6 Å². The van der Waals surface area contributed by atoms with E-state index in [2.05, 4.69) is 4.99 Å². The molecule has 2 aromatic carbocycles. The molecule has 0 saturated heterocycles. The van der Waals surface area contributed by atoms with E-state index < -0.39 is 5.97 Å². The number of carbonyl (C=O) groups excluding carboxylic acids is 1. The molecule has 28 heavy (non-hydrogen) atoms. The van der Waals surface area contributed by atoms with E-state index in [1.165, 1.54) is 26.6 Å². The lowest BCUT2D eigenvalue weighted by Crippen LogP contribution is -2.07. The first kappa shape index (κ1) is 17.5. The second-order valence-corrected chi connectivity index (χ2v) is 5.92. The monoisotopic (exact) mass is 377 g/mol. The minimum Gasteiger partial charge on any atom is -0.493 e. The molecule has 0 unspecified atom stereocenters. The highest BCUT2D eigenvalue weighted by molar-refractivity contribution is 6.13. The maximum absolute atomic E-state index is 12.6. The molecule has 0 atom stereocenters. The molecule has 0 fully saturated rings. The molecule has 4 rings (SSSR count). The average Bonchev–Trinajstić information content (AvgIpc) is 3.10. The number of para-hydroxylation sites is 1. The van der Waals surface area contributed by atoms with Gasteiger partial charge in [0.1, 0.15) is 11.8 Å². The predicted molar refractivity (Wildman–Crippen MR) is 103 cm³/mol. The fourth-order valence-electron chi connectivity index (χ4n) is 2.84. The van der Waals surface area contributed by atoms with Crippen LogP contribution in [-0.2, 0) is 9.53 Å². The van der Waals surface area contributed by atoms with E-state index in [0.717, 1.165) is 0 Å². The van der Waals surface area contributed by atoms with Crippen LogP contribution in [0.3, 0.4) is 0 Å². The molecule has 1 aliphatic rings. The van der Waals surface area contributed by atoms with Gasteiger partial charge in [-0.15, -0.1) is 0 Å². The molecule has 1 aromatic heterocycles. The van der Waals surface area contributed by atoms with Gasteiger partial charge in [0.2, 0.25) is 5.90 Å². The Balaban J connectivity index is 1.74. The van der Waals surface area contributed by atoms with E-state index in [9.17, 15) is 9.59 Å². The standard InChI is InChI=1S/C21H15NO6/c1-25-17-8-7-12(10-18(17)26-2)20-22-15(21(24)28-20)9-13-11-27-16-6-4-3-5-14(16)19(13)23/h3-11H,1-2H3/b15-9-. The number of cyclic esters (lactones) is 1. The quantitative estimate of drug-likeness (QED) is 0.513. The maximum Gasteiger partial charge on any atom is 0.363 e. The molecule has 0 saturated carbocycles. The summed E-state index contributed by atoms with van der Waals surface area (Å²) < 4.78 is 21.2. The van der Waals surface area contributed by atoms with Crippen molar-refractivity contribution in [2.75, 3.05) is 14.2 Å². The maximum atomic E-state index is 12.6. The molecule has 0 amide bonds. The molecule has 0 aliphatic carbocycles. The number of rotatable bonds is 4. The van der Waals surface area contributed by atoms with Crippen LogP contribution in [0.1, 0.15) is 11.1 Å². The molecule has 0 bridgehead atoms. The summed E-state index contributed by atoms with van der Waals surface area (Å²) in [4.78, 5) is 29.0. The number of nitrogens with zero attached hydrogens (tertiary/aromatic N) is 1. The van der Waals surface area contributed by atoms with Gasteiger partial charge in [-0.1, -0.05) is 12.1 Å². The second-order valence-electron chi connectivity index (χ2n) is 5.92. The van der Waals surface area contributed by atoms with Crippen molar-refractivity contribution in [2.24, 2.45) is 4.99 Å². The molecule has 0 spiro atoms. The number of fused-ring (bicyclic) bond motifs is 1. The summed E-state index contributed by atoms with van der Waals surface area (Å²) in [6.45, 7) is 0. The lowest BCUT2D eigenvalue weighted by atomic mass is 10.1. The third-order valence-corrected chi connectivity index (χ3v) is 4.25. The Hall–Kier alpha value is -3.87. The molecule has 0 N–H and O–H groups in total. The Morgan fingerprint density at radius 1 is 1.00 bits per heavy atom. The Morgan fingerprint density at radius 3 is 2.57 bits per heavy atom. The van der Waals surface area contributed by atoms with Gasteiger partial charge in [0, 0.05) is 5.56 Å². The lowest BCUT2D eigenvalue weighted by molar-refractivity contribution is -0.129. The summed E-state index contributed by atoms with van der Waals surface area (Å²) in [6, 6.07) is 11.9. The zero-order valence-electron chi connectivity index (χ0n) is 15.1. The zero-order valence-corrected chi connectivity index (χ0v) is 15.1. The van der Waals surface area contributed by atoms with Gasteiger partial charge in [-0.25, -0.2) is 9.79 Å². The van der Waals surface area contributed by atoms with E-state index in [-0.39, 0.29) is 22.6 Å². The molecule has 140 valence electrons. The van der Waals surface area contributed by atoms with Crippen LogP contribution in [0, 0.1) is 0 Å². The van der Waals surface area contributed by atoms with Crippen molar-refractivity contribution in [1.82, 2.24) is 0 Å². The third kappa shape index (κ3) is 3.03. The van der Waals surface area contributed by atoms with Gasteiger partial charge in [-0.2, -0.15) is 0 Å². The Labute approximate surface area is 159 Å². The molecule has 0 radical (unpaired) electrons. The van der Waals surface area contributed by atoms with Crippen molar-refractivity contribution in [1.29, 1.82) is 0 Å². The van der Waals surface area contributed by atoms with E-state index in [0.29, 0.717) is 28.0 Å². The van der Waals surface area contributed by atoms with Crippen molar-refractivity contribution >= 4 is 28.9 Å². The molecular formula is C21H15NO6. The fourth-order valence-corrected chi connectivity index (χ4v) is 2.84. The zero-order chi connectivity index (χ0) is 19.7. The second kappa shape index (κ2) is 7.03. The van der Waals surface area contributed by atoms with Crippen molar-refractivity contribution in [3.63, 3.8) is 0 Å². The highest BCUT2D eigenvalue weighted by Crippen LogP contribution is 2.29. The average molecular weight is 377 g/mol. The number of carbonyl (C=O) groups is 1. The molecular weight excluding hydrogens is 362 g/mol. The lowest BCUT2D eigenvalue weighted by Gasteiger charge is -2.08. The predicted octanol–water partition coefficient (Wildman–Crippen LogP) is 3.15. The first-order chi connectivity index (χ1) is 13.6. The van der Waals surface area contributed by atoms with Gasteiger partial charge in [-0.05, 0) is 36.4 Å². The number of hydrogen-bond acceptors (Lipinski definition) is 7. The van der Waals surface area contributed by atoms with Gasteiger partial charge in [0.15, 0.2) is 22.6 Å². The molecule has 3 aromatic rings. The largest absolute Gasteiger partial charge is 0.493 e. The molecule has 7 heteroatoms. The van der Waals surface area contributed by atoms with Crippen LogP contribution in [0.4, 0.5) is 0 Å². The van der Waals surface area contributed by atoms with Crippen molar-refractivity contribution in [3.05, 3.63) is 75.8 Å². The number of benzene rings is 2. The summed E-state index contributed by atoms with van der Waals surface area (Å²) in [5.41, 5.74) is 0.977. The Morgan fingerprint density at radius 2 is 1.79 bits per heavy atom. The minimum absolute atomic E-state index is 0.00682. The summed E-state index contributed by atoms with van der Waals surface area (Å²) in [5, 5.41) is 0.423. The van der Waals surface area contributed by atoms with Crippen molar-refractivity contribution in [3.8, 4) is 11.5 Å². The molecule has 7 nitrogen and oxygen atoms in total. The highest BCUT2D eigenvalue weighted by Gasteiger charge is 2.25. The number of methoxy groups -OCH3 is 2. The van der Waals surface area contributed by atoms with Crippen LogP contribution < -0.4 is 14.9 Å². The van der Waals surface area contributed by atoms with Crippen LogP contribution in [-0.4, -0.2) is 26.1 Å². The minimum atomic E-state index is -0.655. The van der Waals surface area contributed by atoms with Gasteiger partial charge >= 0.3 is 5.97 Å². The summed E-state index contributed by atoms with van der Waals surface area (Å²) in [6.07, 6.45) is 2.66. The number of aliphatic imine (C=N–C) groups is 1. The van der Waals surface area contributed by atoms with E-state index in [1.54, 1.807) is 42.5 Å². The van der Waals surface area contributed by atoms with Crippen LogP contribution >= 0.6 is 0 Å². The van der Waals surface area contributed by atoms with Crippen molar-refractivity contribution < 1.29 is 23.4 Å². The van der Waals surface area contributed by atoms with Crippen LogP contribution in [0.2, 0.25) is 0 Å². The smallest absolute Gasteiger partial charge is 0.363 e. The Kier molecular flexibility index (Phi) is 4.41. The van der Waals surface area contributed by atoms with Crippen molar-refractivity contribution in [2.45, 2.75) is 0 Å². The van der Waals surface area contributed by atoms with E-state index >= 15 is 0 Å². The highest BCUT2D eigenvalue weighted by atomic mass is 16.6. The van der Waals surface area contributed by atoms with Crippen LogP contribution in [0.5, 0.6) is 11.5 Å². The van der Waals surface area contributed by atoms with E-state index in [4.69, 9.17) is 18.6 Å². The topological polar surface area (TPSA) is 87.3 Å². The first-order valence-electron chi connectivity index (χ1n) is 8.36. The van der Waals surface area contributed by atoms with Gasteiger partial charge in [0.25, 0.3) is 0 Å². The molecule has 1 aliphatic heterocycles. The summed E-state index contributed by atoms with van der Waals surface area (Å²) in [7, 11) is 3.04. The fraction of sp³-hybridized carbons (Fsp3) is 0.0952. The number of hydrogen-bond donors (Lipinski definition) is 0. The third-order valence-electron chi connectivity index (χ3n) is 4.25. The SMILES string of the molecule is COc1ccc(C2=N/C(=C\c3coc4ccccc4c3=O)C(=O)O2)cc1OC. The summed E-state index contributed by atoms with van der Waals surface area (Å²) in [5.74, 6) is 0.479. The summed E-state index contributed by atoms with van der Waals surface area (Å²) >= 11 is 0. The number of esters is 1. The normalized spacial score (nSPS) is 14.9. The Bertz CT molecular complexity index is 1200. The van der Waals surface area contributed by atoms with E-state index in [1.807, 2.05) is 0 Å². The number of ether oxygens (including phenoxy) is 3. The van der Waals surface area contributed by atoms with Gasteiger partial charge < -0.3 is 18.6 Å². The van der Waals surface area contributed by atoms with Crippen LogP contribution in [0.25, 0.3) is 17.0 Å². The van der Waals surface area contributed by atoms with Gasteiger partial charge in [-0.3, -0.25) is 4.79 Å².